The van der Waals surface area contributed by atoms with Gasteiger partial charge < -0.3 is 25.3 Å². The Bertz CT molecular complexity index is 1240. The van der Waals surface area contributed by atoms with E-state index < -0.39 is 0 Å². The Morgan fingerprint density at radius 1 is 1.03 bits per heavy atom. The molecule has 0 saturated carbocycles. The van der Waals surface area contributed by atoms with Crippen molar-refractivity contribution in [2.24, 2.45) is 0 Å². The van der Waals surface area contributed by atoms with Crippen LogP contribution in [0.15, 0.2) is 66.9 Å². The zero-order chi connectivity index (χ0) is 24.5. The monoisotopic (exact) mass is 470 g/mol. The summed E-state index contributed by atoms with van der Waals surface area (Å²) in [6.45, 7) is 4.29. The van der Waals surface area contributed by atoms with Crippen molar-refractivity contribution in [3.05, 3.63) is 78.0 Å². The van der Waals surface area contributed by atoms with Crippen LogP contribution in [0.25, 0.3) is 0 Å². The van der Waals surface area contributed by atoms with E-state index in [-0.39, 0.29) is 23.9 Å². The van der Waals surface area contributed by atoms with Gasteiger partial charge in [0.05, 0.1) is 23.6 Å². The lowest BCUT2D eigenvalue weighted by Crippen LogP contribution is -2.57. The number of carbonyl (C=O) groups is 2. The number of pyridine rings is 1. The average molecular weight is 471 g/mol. The fourth-order valence-corrected chi connectivity index (χ4v) is 4.68. The second-order valence-electron chi connectivity index (χ2n) is 9.34. The third-order valence-corrected chi connectivity index (χ3v) is 6.68. The van der Waals surface area contributed by atoms with Crippen molar-refractivity contribution in [1.29, 1.82) is 0 Å². The van der Waals surface area contributed by atoms with Gasteiger partial charge in [-0.25, -0.2) is 4.98 Å². The number of benzene rings is 2. The van der Waals surface area contributed by atoms with Gasteiger partial charge in [0.25, 0.3) is 5.91 Å². The Morgan fingerprint density at radius 3 is 2.54 bits per heavy atom. The van der Waals surface area contributed by atoms with E-state index in [9.17, 15) is 9.59 Å². The summed E-state index contributed by atoms with van der Waals surface area (Å²) < 4.78 is 0. The van der Waals surface area contributed by atoms with E-state index in [2.05, 4.69) is 37.6 Å². The van der Waals surface area contributed by atoms with E-state index in [1.807, 2.05) is 62.5 Å². The Labute approximate surface area is 205 Å². The number of likely N-dealkylation sites (N-methyl/N-ethyl adjacent to an activating group) is 2. The molecule has 2 aromatic carbocycles. The quantitative estimate of drug-likeness (QED) is 0.576. The number of anilines is 4. The molecule has 1 unspecified atom stereocenters. The number of aromatic nitrogens is 1. The van der Waals surface area contributed by atoms with Gasteiger partial charge in [0.15, 0.2) is 0 Å². The third-order valence-electron chi connectivity index (χ3n) is 6.68. The maximum Gasteiger partial charge on any atom is 0.251 e. The van der Waals surface area contributed by atoms with Crippen LogP contribution in [-0.2, 0) is 11.3 Å². The summed E-state index contributed by atoms with van der Waals surface area (Å²) in [5.41, 5.74) is 4.22. The van der Waals surface area contributed by atoms with Crippen LogP contribution in [0.2, 0.25) is 0 Å². The lowest BCUT2D eigenvalue weighted by molar-refractivity contribution is -0.119. The summed E-state index contributed by atoms with van der Waals surface area (Å²) in [5.74, 6) is 0.607. The van der Waals surface area contributed by atoms with E-state index >= 15 is 0 Å². The molecule has 3 heterocycles. The van der Waals surface area contributed by atoms with Crippen molar-refractivity contribution in [3.8, 4) is 0 Å². The maximum absolute atomic E-state index is 12.9. The number of hydrogen-bond acceptors (Lipinski definition) is 6. The van der Waals surface area contributed by atoms with Gasteiger partial charge in [-0.2, -0.15) is 0 Å². The molecule has 0 spiro atoms. The number of carbonyl (C=O) groups excluding carboxylic acids is 2. The molecule has 5 rings (SSSR count). The first kappa shape index (κ1) is 22.9. The van der Waals surface area contributed by atoms with Crippen molar-refractivity contribution in [2.45, 2.75) is 25.6 Å². The van der Waals surface area contributed by atoms with Gasteiger partial charge in [-0.1, -0.05) is 36.4 Å². The first-order chi connectivity index (χ1) is 16.9. The van der Waals surface area contributed by atoms with Gasteiger partial charge in [0, 0.05) is 44.0 Å². The molecule has 2 aliphatic heterocycles. The first-order valence-electron chi connectivity index (χ1n) is 11.8. The number of rotatable bonds is 6. The molecule has 0 radical (unpaired) electrons. The van der Waals surface area contributed by atoms with Crippen LogP contribution in [0.1, 0.15) is 22.8 Å². The summed E-state index contributed by atoms with van der Waals surface area (Å²) in [6, 6.07) is 19.4. The maximum atomic E-state index is 12.9. The van der Waals surface area contributed by atoms with Crippen molar-refractivity contribution in [3.63, 3.8) is 0 Å². The normalized spacial score (nSPS) is 18.1. The van der Waals surface area contributed by atoms with Crippen LogP contribution in [0.4, 0.5) is 22.9 Å². The third kappa shape index (κ3) is 4.70. The van der Waals surface area contributed by atoms with Crippen LogP contribution in [0.3, 0.4) is 0 Å². The molecule has 8 heteroatoms. The lowest BCUT2D eigenvalue weighted by atomic mass is 10.1. The summed E-state index contributed by atoms with van der Waals surface area (Å²) >= 11 is 0. The van der Waals surface area contributed by atoms with Crippen LogP contribution < -0.4 is 20.4 Å². The highest BCUT2D eigenvalue weighted by molar-refractivity contribution is 6.05. The molecule has 1 fully saturated rings. The molecule has 0 aliphatic carbocycles. The van der Waals surface area contributed by atoms with Gasteiger partial charge in [0.1, 0.15) is 11.9 Å². The summed E-state index contributed by atoms with van der Waals surface area (Å²) in [4.78, 5) is 36.0. The minimum atomic E-state index is -0.305. The van der Waals surface area contributed by atoms with Crippen LogP contribution in [0.5, 0.6) is 0 Å². The SMILES string of the molecule is CC1C(=O)N(C)c2cnc(Nc3cccc(C(=O)NC4CN(C)C4)c3)cc2N1Cc1ccccc1. The molecule has 1 aromatic heterocycles. The minimum Gasteiger partial charge on any atom is -0.354 e. The Morgan fingerprint density at radius 2 is 1.80 bits per heavy atom. The first-order valence-corrected chi connectivity index (χ1v) is 11.8. The molecular formula is C27H30N6O2. The second-order valence-corrected chi connectivity index (χ2v) is 9.34. The predicted octanol–water partition coefficient (Wildman–Crippen LogP) is 3.24. The van der Waals surface area contributed by atoms with Crippen LogP contribution >= 0.6 is 0 Å². The summed E-state index contributed by atoms with van der Waals surface area (Å²) in [5, 5.41) is 6.40. The van der Waals surface area contributed by atoms with Crippen molar-refractivity contribution in [1.82, 2.24) is 15.2 Å². The average Bonchev–Trinajstić information content (AvgIpc) is 2.85. The van der Waals surface area contributed by atoms with E-state index in [4.69, 9.17) is 0 Å². The number of nitrogens with one attached hydrogen (secondary N) is 2. The molecule has 2 amide bonds. The molecule has 2 N–H and O–H groups in total. The molecule has 180 valence electrons. The Balaban J connectivity index is 1.38. The minimum absolute atomic E-state index is 0.0345. The zero-order valence-corrected chi connectivity index (χ0v) is 20.2. The van der Waals surface area contributed by atoms with E-state index in [1.54, 1.807) is 18.1 Å². The molecule has 1 saturated heterocycles. The van der Waals surface area contributed by atoms with Gasteiger partial charge in [-0.3, -0.25) is 9.59 Å². The Hall–Kier alpha value is -3.91. The van der Waals surface area contributed by atoms with E-state index in [0.29, 0.717) is 17.9 Å². The second kappa shape index (κ2) is 9.38. The number of amides is 2. The number of fused-ring (bicyclic) bond motifs is 1. The molecule has 0 bridgehead atoms. The van der Waals surface area contributed by atoms with Crippen LogP contribution in [0, 0.1) is 0 Å². The van der Waals surface area contributed by atoms with Gasteiger partial charge >= 0.3 is 0 Å². The van der Waals surface area contributed by atoms with E-state index in [0.717, 1.165) is 35.7 Å². The zero-order valence-electron chi connectivity index (χ0n) is 20.2. The smallest absolute Gasteiger partial charge is 0.251 e. The molecule has 3 aromatic rings. The topological polar surface area (TPSA) is 80.8 Å². The largest absolute Gasteiger partial charge is 0.354 e. The van der Waals surface area contributed by atoms with Gasteiger partial charge in [-0.15, -0.1) is 0 Å². The fourth-order valence-electron chi connectivity index (χ4n) is 4.68. The summed E-state index contributed by atoms with van der Waals surface area (Å²) in [6.07, 6.45) is 1.73. The molecule has 35 heavy (non-hydrogen) atoms. The highest BCUT2D eigenvalue weighted by Gasteiger charge is 2.34. The number of likely N-dealkylation sites (tertiary alicyclic amines) is 1. The highest BCUT2D eigenvalue weighted by atomic mass is 16.2. The molecular weight excluding hydrogens is 440 g/mol. The summed E-state index contributed by atoms with van der Waals surface area (Å²) in [7, 11) is 3.82. The van der Waals surface area contributed by atoms with Crippen molar-refractivity contribution in [2.75, 3.05) is 42.3 Å². The van der Waals surface area contributed by atoms with E-state index in [1.165, 1.54) is 0 Å². The fraction of sp³-hybridized carbons (Fsp3) is 0.296. The van der Waals surface area contributed by atoms with Crippen molar-refractivity contribution < 1.29 is 9.59 Å². The Kier molecular flexibility index (Phi) is 6.13. The highest BCUT2D eigenvalue weighted by Crippen LogP contribution is 2.37. The molecule has 1 atom stereocenters. The van der Waals surface area contributed by atoms with Gasteiger partial charge in [-0.05, 0) is 37.7 Å². The van der Waals surface area contributed by atoms with Crippen LogP contribution in [-0.4, -0.2) is 61.0 Å². The lowest BCUT2D eigenvalue weighted by Gasteiger charge is -2.40. The predicted molar refractivity (Wildman–Crippen MR) is 138 cm³/mol. The molecule has 2 aliphatic rings. The molecule has 8 nitrogen and oxygen atoms in total. The van der Waals surface area contributed by atoms with Gasteiger partial charge in [0.2, 0.25) is 5.91 Å². The van der Waals surface area contributed by atoms with Crippen molar-refractivity contribution >= 4 is 34.7 Å². The number of nitrogens with zero attached hydrogens (tertiary/aromatic N) is 4. The standard InChI is InChI=1S/C27H30N6O2/c1-18-27(35)32(3)24-14-28-25(13-23(24)33(18)15-19-8-5-4-6-9-19)29-21-11-7-10-20(12-21)26(34)30-22-16-31(2)17-22/h4-14,18,22H,15-17H2,1-3H3,(H,28,29)(H,30,34). The number of hydrogen-bond donors (Lipinski definition) is 2.